The molecule has 2 aromatic carbocycles. The quantitative estimate of drug-likeness (QED) is 0.318. The van der Waals surface area contributed by atoms with Crippen LogP contribution in [0.1, 0.15) is 6.42 Å². The molecule has 7 nitrogen and oxygen atoms in total. The molecule has 1 amide bonds. The van der Waals surface area contributed by atoms with Crippen LogP contribution >= 0.6 is 0 Å². The summed E-state index contributed by atoms with van der Waals surface area (Å²) in [6, 6.07) is 13.9. The largest absolute Gasteiger partial charge is 0.487 e. The molecule has 4 aromatic rings. The number of hydrogen-bond donors (Lipinski definition) is 3. The number of benzene rings is 2. The van der Waals surface area contributed by atoms with Crippen LogP contribution in [0, 0.1) is 5.82 Å². The zero-order valence-corrected chi connectivity index (χ0v) is 19.3. The number of amides is 1. The molecule has 1 atom stereocenters. The van der Waals surface area contributed by atoms with Crippen LogP contribution in [0.5, 0.6) is 5.75 Å². The molecule has 3 N–H and O–H groups in total. The monoisotopic (exact) mass is 471 g/mol. The van der Waals surface area contributed by atoms with E-state index in [1.807, 2.05) is 36.5 Å². The molecule has 178 valence electrons. The molecule has 5 rings (SSSR count). The average Bonchev–Trinajstić information content (AvgIpc) is 3.46. The van der Waals surface area contributed by atoms with Crippen LogP contribution in [-0.4, -0.2) is 47.0 Å². The summed E-state index contributed by atoms with van der Waals surface area (Å²) in [4.78, 5) is 21.9. The number of nitrogens with zero attached hydrogens (tertiary/aromatic N) is 2. The van der Waals surface area contributed by atoms with Crippen molar-refractivity contribution >= 4 is 34.0 Å². The van der Waals surface area contributed by atoms with E-state index in [0.29, 0.717) is 17.3 Å². The van der Waals surface area contributed by atoms with E-state index in [0.717, 1.165) is 47.2 Å². The van der Waals surface area contributed by atoms with Gasteiger partial charge in [-0.25, -0.2) is 9.37 Å². The van der Waals surface area contributed by atoms with Crippen molar-refractivity contribution < 1.29 is 13.9 Å². The summed E-state index contributed by atoms with van der Waals surface area (Å²) in [7, 11) is 2.06. The summed E-state index contributed by atoms with van der Waals surface area (Å²) in [5.41, 5.74) is 3.79. The first-order chi connectivity index (χ1) is 17.0. The highest BCUT2D eigenvalue weighted by Crippen LogP contribution is 2.33. The summed E-state index contributed by atoms with van der Waals surface area (Å²) < 4.78 is 20.0. The van der Waals surface area contributed by atoms with Gasteiger partial charge in [-0.2, -0.15) is 0 Å². The van der Waals surface area contributed by atoms with Gasteiger partial charge in [0.1, 0.15) is 23.5 Å². The van der Waals surface area contributed by atoms with Gasteiger partial charge in [0.15, 0.2) is 0 Å². The molecule has 0 spiro atoms. The van der Waals surface area contributed by atoms with Crippen molar-refractivity contribution in [2.45, 2.75) is 12.5 Å². The Morgan fingerprint density at radius 2 is 2.17 bits per heavy atom. The van der Waals surface area contributed by atoms with Crippen LogP contribution in [0.4, 0.5) is 21.6 Å². The fourth-order valence-corrected chi connectivity index (χ4v) is 4.29. The van der Waals surface area contributed by atoms with E-state index < -0.39 is 0 Å². The summed E-state index contributed by atoms with van der Waals surface area (Å²) in [5.74, 6) is 0.613. The minimum Gasteiger partial charge on any atom is -0.487 e. The number of ether oxygens (including phenoxy) is 1. The van der Waals surface area contributed by atoms with Crippen LogP contribution < -0.4 is 15.4 Å². The van der Waals surface area contributed by atoms with Gasteiger partial charge in [-0.1, -0.05) is 18.7 Å². The third kappa shape index (κ3) is 5.02. The van der Waals surface area contributed by atoms with Crippen LogP contribution in [0.25, 0.3) is 22.0 Å². The minimum atomic E-state index is -0.317. The van der Waals surface area contributed by atoms with Gasteiger partial charge < -0.3 is 25.3 Å². The Morgan fingerprint density at radius 3 is 2.94 bits per heavy atom. The number of nitrogens with one attached hydrogen (secondary N) is 3. The average molecular weight is 472 g/mol. The van der Waals surface area contributed by atoms with E-state index in [1.165, 1.54) is 18.2 Å². The molecule has 0 radical (unpaired) electrons. The molecule has 0 aliphatic carbocycles. The predicted octanol–water partition coefficient (Wildman–Crippen LogP) is 5.32. The number of fused-ring (bicyclic) bond motifs is 1. The van der Waals surface area contributed by atoms with E-state index in [1.54, 1.807) is 12.3 Å². The first-order valence-corrected chi connectivity index (χ1v) is 11.4. The molecule has 2 aromatic heterocycles. The molecule has 35 heavy (non-hydrogen) atoms. The van der Waals surface area contributed by atoms with Gasteiger partial charge in [0.2, 0.25) is 5.91 Å². The van der Waals surface area contributed by atoms with E-state index in [9.17, 15) is 9.18 Å². The number of likely N-dealkylation sites (N-methyl/N-ethyl adjacent to an activating group) is 1. The Labute approximate surface area is 202 Å². The fourth-order valence-electron chi connectivity index (χ4n) is 4.29. The smallest absolute Gasteiger partial charge is 0.247 e. The lowest BCUT2D eigenvalue weighted by Gasteiger charge is -2.18. The van der Waals surface area contributed by atoms with Gasteiger partial charge in [0.05, 0.1) is 17.4 Å². The van der Waals surface area contributed by atoms with Gasteiger partial charge in [-0.15, -0.1) is 0 Å². The van der Waals surface area contributed by atoms with Crippen molar-refractivity contribution in [2.75, 3.05) is 30.8 Å². The van der Waals surface area contributed by atoms with Crippen LogP contribution in [0.3, 0.4) is 0 Å². The second-order valence-corrected chi connectivity index (χ2v) is 8.65. The number of aromatic amines is 1. The van der Waals surface area contributed by atoms with Crippen LogP contribution in [-0.2, 0) is 4.79 Å². The fraction of sp³-hybridized carbons (Fsp3) is 0.185. The SMILES string of the molecule is C=CC(=O)Nc1cc(Nc2cc3c(-c4cccc(F)c4)c[nH]c3cn2)ccc1OC1CCN(C)C1. The predicted molar refractivity (Wildman–Crippen MR) is 137 cm³/mol. The lowest BCUT2D eigenvalue weighted by Crippen LogP contribution is -2.22. The summed E-state index contributed by atoms with van der Waals surface area (Å²) in [6.45, 7) is 5.35. The van der Waals surface area contributed by atoms with E-state index in [2.05, 4.69) is 39.1 Å². The third-order valence-electron chi connectivity index (χ3n) is 6.04. The Kier molecular flexibility index (Phi) is 6.20. The van der Waals surface area contributed by atoms with Crippen molar-refractivity contribution in [3.8, 4) is 16.9 Å². The number of anilines is 3. The molecule has 1 unspecified atom stereocenters. The maximum atomic E-state index is 13.8. The number of rotatable bonds is 7. The Bertz CT molecular complexity index is 1400. The summed E-state index contributed by atoms with van der Waals surface area (Å²) >= 11 is 0. The molecule has 1 aliphatic rings. The lowest BCUT2D eigenvalue weighted by atomic mass is 10.1. The third-order valence-corrected chi connectivity index (χ3v) is 6.04. The number of carbonyl (C=O) groups excluding carboxylic acids is 1. The second-order valence-electron chi connectivity index (χ2n) is 8.65. The van der Waals surface area contributed by atoms with E-state index in [-0.39, 0.29) is 17.8 Å². The van der Waals surface area contributed by atoms with Crippen LogP contribution in [0.2, 0.25) is 0 Å². The van der Waals surface area contributed by atoms with Crippen molar-refractivity contribution in [1.29, 1.82) is 0 Å². The van der Waals surface area contributed by atoms with E-state index in [4.69, 9.17) is 4.74 Å². The topological polar surface area (TPSA) is 82.3 Å². The standard InChI is InChI=1S/C27H26FN5O2/c1-3-27(34)32-23-12-19(7-8-25(23)35-20-9-10-33(2)16-20)31-26-13-21-22(14-29-24(21)15-30-26)17-5-4-6-18(28)11-17/h3-8,11-15,20,29H,1,9-10,16H2,2H3,(H,30,31)(H,32,34). The summed E-state index contributed by atoms with van der Waals surface area (Å²) in [6.07, 6.45) is 5.80. The molecule has 8 heteroatoms. The first kappa shape index (κ1) is 22.6. The highest BCUT2D eigenvalue weighted by molar-refractivity contribution is 6.00. The molecule has 0 bridgehead atoms. The summed E-state index contributed by atoms with van der Waals surface area (Å²) in [5, 5.41) is 7.05. The number of aromatic nitrogens is 2. The van der Waals surface area contributed by atoms with Crippen LogP contribution in [0.15, 0.2) is 73.6 Å². The molecule has 3 heterocycles. The zero-order valence-electron chi connectivity index (χ0n) is 19.3. The number of pyridine rings is 1. The molecular weight excluding hydrogens is 445 g/mol. The van der Waals surface area contributed by atoms with Gasteiger partial charge in [0.25, 0.3) is 0 Å². The lowest BCUT2D eigenvalue weighted by molar-refractivity contribution is -0.111. The van der Waals surface area contributed by atoms with Gasteiger partial charge in [-0.3, -0.25) is 4.79 Å². The number of carbonyl (C=O) groups is 1. The minimum absolute atomic E-state index is 0.0668. The van der Waals surface area contributed by atoms with Gasteiger partial charge in [-0.05, 0) is 61.5 Å². The Balaban J connectivity index is 1.43. The molecule has 1 saturated heterocycles. The first-order valence-electron chi connectivity index (χ1n) is 11.4. The molecule has 0 saturated carbocycles. The Hall–Kier alpha value is -4.17. The second kappa shape index (κ2) is 9.60. The van der Waals surface area contributed by atoms with Crippen molar-refractivity contribution in [2.24, 2.45) is 0 Å². The van der Waals surface area contributed by atoms with Crippen molar-refractivity contribution in [3.05, 3.63) is 79.4 Å². The van der Waals surface area contributed by atoms with E-state index >= 15 is 0 Å². The number of likely N-dealkylation sites (tertiary alicyclic amines) is 1. The molecular formula is C27H26FN5O2. The highest BCUT2D eigenvalue weighted by Gasteiger charge is 2.22. The Morgan fingerprint density at radius 1 is 1.29 bits per heavy atom. The number of halogens is 1. The van der Waals surface area contributed by atoms with Crippen molar-refractivity contribution in [3.63, 3.8) is 0 Å². The number of H-pyrrole nitrogens is 1. The number of hydrogen-bond acceptors (Lipinski definition) is 5. The van der Waals surface area contributed by atoms with Crippen molar-refractivity contribution in [1.82, 2.24) is 14.9 Å². The van der Waals surface area contributed by atoms with Gasteiger partial charge in [0, 0.05) is 35.9 Å². The van der Waals surface area contributed by atoms with Gasteiger partial charge >= 0.3 is 0 Å². The maximum absolute atomic E-state index is 13.8. The zero-order chi connectivity index (χ0) is 24.4. The molecule has 1 fully saturated rings. The highest BCUT2D eigenvalue weighted by atomic mass is 19.1. The maximum Gasteiger partial charge on any atom is 0.247 e. The normalized spacial score (nSPS) is 15.8. The molecule has 1 aliphatic heterocycles.